The molecular formula is C19H23N5O2S. The van der Waals surface area contributed by atoms with E-state index in [1.54, 1.807) is 7.11 Å². The second-order valence-electron chi connectivity index (χ2n) is 6.77. The first kappa shape index (κ1) is 18.0. The number of aromatic amines is 1. The first-order valence-electron chi connectivity index (χ1n) is 9.31. The Balaban J connectivity index is 1.29. The van der Waals surface area contributed by atoms with Crippen molar-refractivity contribution in [2.45, 2.75) is 49.4 Å². The zero-order valence-corrected chi connectivity index (χ0v) is 16.2. The monoisotopic (exact) mass is 385 g/mol. The number of methoxy groups -OCH3 is 1. The summed E-state index contributed by atoms with van der Waals surface area (Å²) in [5.41, 5.74) is 0.867. The maximum Gasteiger partial charge on any atom is 0.247 e. The van der Waals surface area contributed by atoms with Crippen LogP contribution in [0.1, 0.15) is 43.8 Å². The van der Waals surface area contributed by atoms with Crippen LogP contribution >= 0.6 is 11.8 Å². The summed E-state index contributed by atoms with van der Waals surface area (Å²) in [5, 5.41) is 16.3. The Morgan fingerprint density at radius 3 is 2.78 bits per heavy atom. The second kappa shape index (κ2) is 8.56. The van der Waals surface area contributed by atoms with Crippen LogP contribution in [0.25, 0.3) is 11.5 Å². The van der Waals surface area contributed by atoms with Crippen molar-refractivity contribution >= 4 is 11.8 Å². The first-order valence-corrected chi connectivity index (χ1v) is 10.3. The van der Waals surface area contributed by atoms with Gasteiger partial charge in [-0.25, -0.2) is 4.98 Å². The van der Waals surface area contributed by atoms with Gasteiger partial charge in [-0.3, -0.25) is 5.10 Å². The third-order valence-corrected chi connectivity index (χ3v) is 5.74. The highest BCUT2D eigenvalue weighted by Crippen LogP contribution is 2.29. The molecule has 2 heterocycles. The smallest absolute Gasteiger partial charge is 0.247 e. The molecule has 1 N–H and O–H groups in total. The first-order chi connectivity index (χ1) is 13.3. The molecule has 8 heteroatoms. The molecule has 1 saturated carbocycles. The van der Waals surface area contributed by atoms with E-state index in [4.69, 9.17) is 9.15 Å². The highest BCUT2D eigenvalue weighted by atomic mass is 32.2. The van der Waals surface area contributed by atoms with E-state index in [0.29, 0.717) is 17.5 Å². The van der Waals surface area contributed by atoms with Crippen LogP contribution in [0.15, 0.2) is 33.8 Å². The number of benzene rings is 1. The van der Waals surface area contributed by atoms with Gasteiger partial charge in [-0.2, -0.15) is 0 Å². The molecular weight excluding hydrogens is 362 g/mol. The van der Waals surface area contributed by atoms with Gasteiger partial charge < -0.3 is 9.15 Å². The quantitative estimate of drug-likeness (QED) is 0.579. The Kier molecular flexibility index (Phi) is 5.72. The normalized spacial score (nSPS) is 14.7. The predicted octanol–water partition coefficient (Wildman–Crippen LogP) is 4.28. The van der Waals surface area contributed by atoms with Crippen LogP contribution in [-0.2, 0) is 12.2 Å². The maximum atomic E-state index is 5.74. The number of nitrogens with one attached hydrogen (secondary N) is 1. The summed E-state index contributed by atoms with van der Waals surface area (Å²) < 4.78 is 10.9. The average molecular weight is 385 g/mol. The molecule has 0 unspecified atom stereocenters. The van der Waals surface area contributed by atoms with Crippen LogP contribution in [0.4, 0.5) is 0 Å². The number of nitrogens with zero attached hydrogens (tertiary/aromatic N) is 4. The van der Waals surface area contributed by atoms with Crippen LogP contribution in [0, 0.1) is 5.92 Å². The zero-order valence-electron chi connectivity index (χ0n) is 15.4. The molecule has 0 saturated heterocycles. The van der Waals surface area contributed by atoms with Crippen molar-refractivity contribution in [2.75, 3.05) is 7.11 Å². The number of aromatic nitrogens is 5. The minimum absolute atomic E-state index is 0.500. The summed E-state index contributed by atoms with van der Waals surface area (Å²) in [7, 11) is 1.64. The van der Waals surface area contributed by atoms with Gasteiger partial charge in [0.05, 0.1) is 12.9 Å². The van der Waals surface area contributed by atoms with E-state index in [2.05, 4.69) is 25.4 Å². The van der Waals surface area contributed by atoms with Gasteiger partial charge in [0.2, 0.25) is 16.9 Å². The molecule has 0 radical (unpaired) electrons. The standard InChI is InChI=1S/C19H23N5O2S/c1-25-15-9-7-14(8-10-15)18-23-22-17(26-18)12-27-19-20-16(21-24-19)11-6-13-4-2-3-5-13/h7-10,13H,2-6,11-12H2,1H3,(H,20,21,24). The van der Waals surface area contributed by atoms with E-state index in [-0.39, 0.29) is 0 Å². The molecule has 3 aromatic rings. The Morgan fingerprint density at radius 1 is 1.19 bits per heavy atom. The largest absolute Gasteiger partial charge is 0.497 e. The van der Waals surface area contributed by atoms with Crippen molar-refractivity contribution < 1.29 is 9.15 Å². The van der Waals surface area contributed by atoms with Gasteiger partial charge in [0.1, 0.15) is 11.6 Å². The number of rotatable bonds is 8. The lowest BCUT2D eigenvalue weighted by Crippen LogP contribution is -1.97. The Bertz CT molecular complexity index is 855. The van der Waals surface area contributed by atoms with Crippen molar-refractivity contribution in [1.29, 1.82) is 0 Å². The molecule has 142 valence electrons. The van der Waals surface area contributed by atoms with E-state index in [1.165, 1.54) is 43.9 Å². The topological polar surface area (TPSA) is 89.7 Å². The van der Waals surface area contributed by atoms with Crippen LogP contribution in [0.3, 0.4) is 0 Å². The number of aryl methyl sites for hydroxylation is 1. The van der Waals surface area contributed by atoms with Crippen LogP contribution < -0.4 is 4.74 Å². The lowest BCUT2D eigenvalue weighted by Gasteiger charge is -2.05. The fourth-order valence-corrected chi connectivity index (χ4v) is 4.04. The highest BCUT2D eigenvalue weighted by molar-refractivity contribution is 7.98. The van der Waals surface area contributed by atoms with E-state index in [1.807, 2.05) is 24.3 Å². The third-order valence-electron chi connectivity index (χ3n) is 4.90. The van der Waals surface area contributed by atoms with E-state index < -0.39 is 0 Å². The second-order valence-corrected chi connectivity index (χ2v) is 7.71. The maximum absolute atomic E-state index is 5.74. The van der Waals surface area contributed by atoms with Crippen LogP contribution in [0.2, 0.25) is 0 Å². The van der Waals surface area contributed by atoms with Gasteiger partial charge in [-0.05, 0) is 36.6 Å². The lowest BCUT2D eigenvalue weighted by atomic mass is 10.0. The number of hydrogen-bond acceptors (Lipinski definition) is 7. The lowest BCUT2D eigenvalue weighted by molar-refractivity contribution is 0.415. The molecule has 7 nitrogen and oxygen atoms in total. The molecule has 1 aliphatic carbocycles. The minimum Gasteiger partial charge on any atom is -0.497 e. The van der Waals surface area contributed by atoms with Crippen molar-refractivity contribution in [2.24, 2.45) is 5.92 Å². The van der Waals surface area contributed by atoms with E-state index in [9.17, 15) is 0 Å². The van der Waals surface area contributed by atoms with Gasteiger partial charge in [-0.1, -0.05) is 37.4 Å². The molecule has 0 amide bonds. The fourth-order valence-electron chi connectivity index (χ4n) is 3.38. The van der Waals surface area contributed by atoms with Crippen molar-refractivity contribution in [3.8, 4) is 17.2 Å². The molecule has 2 aromatic heterocycles. The number of thioether (sulfide) groups is 1. The number of H-pyrrole nitrogens is 1. The summed E-state index contributed by atoms with van der Waals surface area (Å²) in [5.74, 6) is 4.23. The van der Waals surface area contributed by atoms with Crippen molar-refractivity contribution in [3.63, 3.8) is 0 Å². The van der Waals surface area contributed by atoms with Gasteiger partial charge in [0.15, 0.2) is 0 Å². The Morgan fingerprint density at radius 2 is 2.00 bits per heavy atom. The van der Waals surface area contributed by atoms with Crippen molar-refractivity contribution in [1.82, 2.24) is 25.4 Å². The van der Waals surface area contributed by atoms with Crippen LogP contribution in [-0.4, -0.2) is 32.5 Å². The SMILES string of the molecule is COc1ccc(-c2nnc(CSc3n[nH]c(CCC4CCCC4)n3)o2)cc1. The molecule has 0 aliphatic heterocycles. The fraction of sp³-hybridized carbons (Fsp3) is 0.474. The van der Waals surface area contributed by atoms with E-state index >= 15 is 0 Å². The molecule has 27 heavy (non-hydrogen) atoms. The summed E-state index contributed by atoms with van der Waals surface area (Å²) in [4.78, 5) is 4.56. The van der Waals surface area contributed by atoms with Gasteiger partial charge in [0.25, 0.3) is 0 Å². The summed E-state index contributed by atoms with van der Waals surface area (Å²) >= 11 is 1.50. The number of hydrogen-bond donors (Lipinski definition) is 1. The highest BCUT2D eigenvalue weighted by Gasteiger charge is 2.16. The Hall–Kier alpha value is -2.35. The molecule has 0 atom stereocenters. The molecule has 1 aromatic carbocycles. The molecule has 4 rings (SSSR count). The van der Waals surface area contributed by atoms with Gasteiger partial charge >= 0.3 is 0 Å². The summed E-state index contributed by atoms with van der Waals surface area (Å²) in [6.45, 7) is 0. The molecule has 1 aliphatic rings. The number of ether oxygens (including phenoxy) is 1. The zero-order chi connectivity index (χ0) is 18.5. The van der Waals surface area contributed by atoms with Gasteiger partial charge in [-0.15, -0.1) is 15.3 Å². The molecule has 0 spiro atoms. The van der Waals surface area contributed by atoms with Crippen molar-refractivity contribution in [3.05, 3.63) is 36.0 Å². The summed E-state index contributed by atoms with van der Waals surface area (Å²) in [6.07, 6.45) is 7.66. The molecule has 1 fully saturated rings. The summed E-state index contributed by atoms with van der Waals surface area (Å²) in [6, 6.07) is 7.54. The Labute approximate surface area is 162 Å². The third kappa shape index (κ3) is 4.68. The molecule has 0 bridgehead atoms. The van der Waals surface area contributed by atoms with Crippen LogP contribution in [0.5, 0.6) is 5.75 Å². The average Bonchev–Trinajstić information content (AvgIpc) is 3.47. The van der Waals surface area contributed by atoms with Gasteiger partial charge in [0, 0.05) is 12.0 Å². The minimum atomic E-state index is 0.500. The predicted molar refractivity (Wildman–Crippen MR) is 103 cm³/mol. The van der Waals surface area contributed by atoms with E-state index in [0.717, 1.165) is 34.6 Å².